The number of carboxylic acids is 1. The highest BCUT2D eigenvalue weighted by atomic mass is 16.4. The molecule has 3 rings (SSSR count). The number of carbonyl (C=O) groups is 2. The molecule has 3 aromatic rings. The topological polar surface area (TPSA) is 157 Å². The van der Waals surface area contributed by atoms with Crippen molar-refractivity contribution in [3.63, 3.8) is 0 Å². The van der Waals surface area contributed by atoms with E-state index in [9.17, 15) is 34.8 Å². The molecule has 5 N–H and O–H groups in total. The average molecular weight is 399 g/mol. The lowest BCUT2D eigenvalue weighted by Gasteiger charge is -2.15. The molecule has 0 aliphatic rings. The summed E-state index contributed by atoms with van der Waals surface area (Å²) in [5, 5.41) is 40.8. The number of phenolic OH excluding ortho intramolecular Hbond substituents is 3. The second-order valence-corrected chi connectivity index (χ2v) is 6.41. The van der Waals surface area contributed by atoms with Gasteiger partial charge in [0.15, 0.2) is 17.4 Å². The maximum absolute atomic E-state index is 12.4. The first-order valence-electron chi connectivity index (χ1n) is 8.47. The van der Waals surface area contributed by atoms with Crippen molar-refractivity contribution in [1.29, 1.82) is 0 Å². The van der Waals surface area contributed by atoms with Crippen LogP contribution >= 0.6 is 0 Å². The molecule has 0 aliphatic carbocycles. The number of rotatable bonds is 5. The van der Waals surface area contributed by atoms with Crippen molar-refractivity contribution >= 4 is 22.8 Å². The molecule has 9 nitrogen and oxygen atoms in total. The van der Waals surface area contributed by atoms with Gasteiger partial charge in [-0.1, -0.05) is 12.1 Å². The van der Waals surface area contributed by atoms with E-state index in [1.165, 1.54) is 36.4 Å². The van der Waals surface area contributed by atoms with Crippen molar-refractivity contribution in [3.8, 4) is 17.2 Å². The average Bonchev–Trinajstić information content (AvgIpc) is 2.67. The van der Waals surface area contributed by atoms with E-state index in [0.29, 0.717) is 10.9 Å². The normalized spacial score (nSPS) is 11.9. The van der Waals surface area contributed by atoms with E-state index in [4.69, 9.17) is 4.42 Å². The quantitative estimate of drug-likeness (QED) is 0.320. The molecule has 0 aliphatic heterocycles. The van der Waals surface area contributed by atoms with Gasteiger partial charge in [-0.25, -0.2) is 9.59 Å². The molecule has 1 heterocycles. The molecule has 0 saturated heterocycles. The van der Waals surface area contributed by atoms with Crippen molar-refractivity contribution in [3.05, 3.63) is 63.5 Å². The number of hydrogen-bond acceptors (Lipinski definition) is 7. The van der Waals surface area contributed by atoms with Crippen LogP contribution in [-0.4, -0.2) is 32.3 Å². The van der Waals surface area contributed by atoms with Gasteiger partial charge in [0.05, 0.1) is 12.0 Å². The standard InChI is InChI=1S/C20H17NO8/c1-9-12-6-7-14(23)17(25)18(12)29-20(28)13(9)8-15(24)21-16(19(26)27)10-2-4-11(22)5-3-10/h2-7,16,22-23,25H,8H2,1H3,(H,21,24)(H,26,27). The second kappa shape index (κ2) is 7.55. The Morgan fingerprint density at radius 2 is 1.72 bits per heavy atom. The van der Waals surface area contributed by atoms with Crippen LogP contribution in [0.15, 0.2) is 45.6 Å². The summed E-state index contributed by atoms with van der Waals surface area (Å²) in [5.41, 5.74) is -0.494. The molecular formula is C20H17NO8. The molecule has 0 spiro atoms. The van der Waals surface area contributed by atoms with Gasteiger partial charge in [0, 0.05) is 5.39 Å². The minimum Gasteiger partial charge on any atom is -0.508 e. The largest absolute Gasteiger partial charge is 0.508 e. The Kier molecular flexibility index (Phi) is 5.14. The fourth-order valence-electron chi connectivity index (χ4n) is 2.96. The highest BCUT2D eigenvalue weighted by Gasteiger charge is 2.24. The number of aryl methyl sites for hydroxylation is 1. The Hall–Kier alpha value is -4.01. The number of hydrogen-bond donors (Lipinski definition) is 5. The number of carbonyl (C=O) groups excluding carboxylic acids is 1. The maximum Gasteiger partial charge on any atom is 0.340 e. The van der Waals surface area contributed by atoms with Crippen molar-refractivity contribution in [2.24, 2.45) is 0 Å². The Labute approximate surface area is 163 Å². The number of benzene rings is 2. The van der Waals surface area contributed by atoms with E-state index < -0.39 is 41.5 Å². The highest BCUT2D eigenvalue weighted by Crippen LogP contribution is 2.34. The van der Waals surface area contributed by atoms with E-state index in [1.807, 2.05) is 0 Å². The zero-order chi connectivity index (χ0) is 21.3. The van der Waals surface area contributed by atoms with Crippen LogP contribution in [0.5, 0.6) is 17.2 Å². The molecule has 1 aromatic heterocycles. The van der Waals surface area contributed by atoms with Gasteiger partial charge in [0.1, 0.15) is 5.75 Å². The Morgan fingerprint density at radius 3 is 2.34 bits per heavy atom. The van der Waals surface area contributed by atoms with Gasteiger partial charge >= 0.3 is 11.6 Å². The van der Waals surface area contributed by atoms with Gasteiger partial charge in [-0.05, 0) is 42.3 Å². The maximum atomic E-state index is 12.4. The summed E-state index contributed by atoms with van der Waals surface area (Å²) in [4.78, 5) is 36.3. The SMILES string of the molecule is Cc1c(CC(=O)NC(C(=O)O)c2ccc(O)cc2)c(=O)oc2c(O)c(O)ccc12. The van der Waals surface area contributed by atoms with Crippen molar-refractivity contribution in [2.45, 2.75) is 19.4 Å². The monoisotopic (exact) mass is 399 g/mol. The Bertz CT molecular complexity index is 1160. The number of phenols is 3. The van der Waals surface area contributed by atoms with Gasteiger partial charge < -0.3 is 30.2 Å². The third kappa shape index (κ3) is 3.84. The van der Waals surface area contributed by atoms with E-state index >= 15 is 0 Å². The number of aliphatic carboxylic acids is 1. The van der Waals surface area contributed by atoms with Crippen LogP contribution in [-0.2, 0) is 16.0 Å². The minimum absolute atomic E-state index is 0.00469. The van der Waals surface area contributed by atoms with Crippen molar-refractivity contribution in [1.82, 2.24) is 5.32 Å². The lowest BCUT2D eigenvalue weighted by molar-refractivity contribution is -0.142. The van der Waals surface area contributed by atoms with E-state index in [1.54, 1.807) is 6.92 Å². The summed E-state index contributed by atoms with van der Waals surface area (Å²) >= 11 is 0. The molecule has 150 valence electrons. The Morgan fingerprint density at radius 1 is 1.07 bits per heavy atom. The minimum atomic E-state index is -1.38. The first kappa shape index (κ1) is 19.7. The van der Waals surface area contributed by atoms with Crippen LogP contribution in [0.1, 0.15) is 22.7 Å². The number of aromatic hydroxyl groups is 3. The fourth-order valence-corrected chi connectivity index (χ4v) is 2.96. The molecular weight excluding hydrogens is 382 g/mol. The molecule has 1 atom stereocenters. The lowest BCUT2D eigenvalue weighted by Crippen LogP contribution is -2.35. The summed E-state index contributed by atoms with van der Waals surface area (Å²) in [7, 11) is 0. The fraction of sp³-hybridized carbons (Fsp3) is 0.150. The summed E-state index contributed by atoms with van der Waals surface area (Å²) in [6.07, 6.45) is -0.451. The van der Waals surface area contributed by atoms with Gasteiger partial charge in [-0.15, -0.1) is 0 Å². The van der Waals surface area contributed by atoms with E-state index in [-0.39, 0.29) is 22.5 Å². The number of carboxylic acid groups (broad SMARTS) is 1. The van der Waals surface area contributed by atoms with E-state index in [2.05, 4.69) is 5.32 Å². The van der Waals surface area contributed by atoms with Gasteiger partial charge in [-0.2, -0.15) is 0 Å². The summed E-state index contributed by atoms with van der Waals surface area (Å²) < 4.78 is 5.05. The molecule has 0 radical (unpaired) electrons. The number of fused-ring (bicyclic) bond motifs is 1. The molecule has 29 heavy (non-hydrogen) atoms. The van der Waals surface area contributed by atoms with Crippen LogP contribution in [0.4, 0.5) is 0 Å². The molecule has 1 amide bonds. The smallest absolute Gasteiger partial charge is 0.340 e. The van der Waals surface area contributed by atoms with E-state index in [0.717, 1.165) is 0 Å². The molecule has 9 heteroatoms. The molecule has 2 aromatic carbocycles. The third-order valence-corrected chi connectivity index (χ3v) is 4.52. The van der Waals surface area contributed by atoms with Crippen LogP contribution in [0, 0.1) is 6.92 Å². The van der Waals surface area contributed by atoms with Crippen LogP contribution in [0.2, 0.25) is 0 Å². The van der Waals surface area contributed by atoms with Crippen molar-refractivity contribution in [2.75, 3.05) is 0 Å². The summed E-state index contributed by atoms with van der Waals surface area (Å²) in [6, 6.07) is 6.58. The first-order valence-corrected chi connectivity index (χ1v) is 8.47. The second-order valence-electron chi connectivity index (χ2n) is 6.41. The zero-order valence-corrected chi connectivity index (χ0v) is 15.2. The first-order chi connectivity index (χ1) is 13.7. The third-order valence-electron chi connectivity index (χ3n) is 4.52. The molecule has 1 unspecified atom stereocenters. The van der Waals surface area contributed by atoms with Gasteiger partial charge in [0.2, 0.25) is 11.7 Å². The van der Waals surface area contributed by atoms with Crippen molar-refractivity contribution < 1.29 is 34.4 Å². The van der Waals surface area contributed by atoms with Crippen LogP contribution < -0.4 is 10.9 Å². The number of amides is 1. The molecule has 0 fully saturated rings. The predicted molar refractivity (Wildman–Crippen MR) is 101 cm³/mol. The zero-order valence-electron chi connectivity index (χ0n) is 15.2. The van der Waals surface area contributed by atoms with Gasteiger partial charge in [-0.3, -0.25) is 4.79 Å². The number of nitrogens with one attached hydrogen (secondary N) is 1. The Balaban J connectivity index is 1.91. The van der Waals surface area contributed by atoms with Crippen LogP contribution in [0.3, 0.4) is 0 Å². The summed E-state index contributed by atoms with van der Waals surface area (Å²) in [6.45, 7) is 1.55. The van der Waals surface area contributed by atoms with Gasteiger partial charge in [0.25, 0.3) is 0 Å². The predicted octanol–water partition coefficient (Wildman–Crippen LogP) is 1.70. The molecule has 0 saturated carbocycles. The van der Waals surface area contributed by atoms with Crippen LogP contribution in [0.25, 0.3) is 11.0 Å². The highest BCUT2D eigenvalue weighted by molar-refractivity contribution is 5.90. The summed E-state index contributed by atoms with van der Waals surface area (Å²) in [5.74, 6) is -3.14. The molecule has 0 bridgehead atoms. The lowest BCUT2D eigenvalue weighted by atomic mass is 10.0.